The van der Waals surface area contributed by atoms with Crippen molar-refractivity contribution < 1.29 is 10.2 Å². The van der Waals surface area contributed by atoms with Crippen molar-refractivity contribution >= 4 is 0 Å². The van der Waals surface area contributed by atoms with Gasteiger partial charge in [-0.15, -0.1) is 0 Å². The third-order valence-corrected chi connectivity index (χ3v) is 2.84. The van der Waals surface area contributed by atoms with Gasteiger partial charge in [0, 0.05) is 18.6 Å². The topological polar surface area (TPSA) is 55.7 Å². The molecular formula is C11H24N2O2. The maximum atomic E-state index is 9.31. The van der Waals surface area contributed by atoms with Gasteiger partial charge in [-0.2, -0.15) is 0 Å². The van der Waals surface area contributed by atoms with E-state index in [1.807, 2.05) is 0 Å². The van der Waals surface area contributed by atoms with E-state index in [9.17, 15) is 5.11 Å². The number of aliphatic hydroxyl groups is 2. The molecule has 4 nitrogen and oxygen atoms in total. The van der Waals surface area contributed by atoms with Crippen LogP contribution in [0.2, 0.25) is 0 Å². The third kappa shape index (κ3) is 4.93. The van der Waals surface area contributed by atoms with Crippen molar-refractivity contribution in [3.05, 3.63) is 0 Å². The fourth-order valence-electron chi connectivity index (χ4n) is 2.11. The fraction of sp³-hybridized carbons (Fsp3) is 1.00. The molecule has 0 aromatic rings. The van der Waals surface area contributed by atoms with Crippen LogP contribution in [0.1, 0.15) is 26.7 Å². The highest BCUT2D eigenvalue weighted by Crippen LogP contribution is 2.11. The number of aliphatic hydroxyl groups excluding tert-OH is 2. The summed E-state index contributed by atoms with van der Waals surface area (Å²) in [5.74, 6) is 0. The van der Waals surface area contributed by atoms with Crippen molar-refractivity contribution in [2.75, 3.05) is 26.2 Å². The SMILES string of the molecule is CC(C)NC1CCN(CC(O)CO)CC1. The van der Waals surface area contributed by atoms with Gasteiger partial charge in [0.05, 0.1) is 12.7 Å². The van der Waals surface area contributed by atoms with E-state index < -0.39 is 6.10 Å². The molecule has 1 heterocycles. The predicted molar refractivity (Wildman–Crippen MR) is 60.8 cm³/mol. The highest BCUT2D eigenvalue weighted by molar-refractivity contribution is 4.79. The van der Waals surface area contributed by atoms with Gasteiger partial charge in [-0.25, -0.2) is 0 Å². The van der Waals surface area contributed by atoms with Gasteiger partial charge >= 0.3 is 0 Å². The maximum Gasteiger partial charge on any atom is 0.0897 e. The normalized spacial score (nSPS) is 22.2. The van der Waals surface area contributed by atoms with E-state index in [2.05, 4.69) is 24.1 Å². The second kappa shape index (κ2) is 6.43. The minimum atomic E-state index is -0.584. The van der Waals surface area contributed by atoms with Gasteiger partial charge in [0.25, 0.3) is 0 Å². The lowest BCUT2D eigenvalue weighted by Gasteiger charge is -2.34. The monoisotopic (exact) mass is 216 g/mol. The molecule has 0 aliphatic carbocycles. The van der Waals surface area contributed by atoms with Crippen molar-refractivity contribution in [1.82, 2.24) is 10.2 Å². The van der Waals surface area contributed by atoms with Gasteiger partial charge in [0.2, 0.25) is 0 Å². The summed E-state index contributed by atoms with van der Waals surface area (Å²) in [6.45, 7) is 6.84. The summed E-state index contributed by atoms with van der Waals surface area (Å²) in [4.78, 5) is 2.22. The Labute approximate surface area is 92.3 Å². The quantitative estimate of drug-likeness (QED) is 0.596. The van der Waals surface area contributed by atoms with Crippen LogP contribution in [0.25, 0.3) is 0 Å². The number of likely N-dealkylation sites (tertiary alicyclic amines) is 1. The first-order chi connectivity index (χ1) is 7.11. The second-order valence-corrected chi connectivity index (χ2v) is 4.73. The molecule has 1 aliphatic heterocycles. The van der Waals surface area contributed by atoms with E-state index in [4.69, 9.17) is 5.11 Å². The summed E-state index contributed by atoms with van der Waals surface area (Å²) in [6, 6.07) is 1.16. The van der Waals surface area contributed by atoms with Crippen LogP contribution in [0.3, 0.4) is 0 Å². The first-order valence-corrected chi connectivity index (χ1v) is 5.89. The van der Waals surface area contributed by atoms with Crippen molar-refractivity contribution in [3.63, 3.8) is 0 Å². The highest BCUT2D eigenvalue weighted by Gasteiger charge is 2.20. The van der Waals surface area contributed by atoms with E-state index in [-0.39, 0.29) is 6.61 Å². The molecule has 1 aliphatic rings. The van der Waals surface area contributed by atoms with Crippen LogP contribution in [0.4, 0.5) is 0 Å². The summed E-state index contributed by atoms with van der Waals surface area (Å²) in [7, 11) is 0. The molecule has 15 heavy (non-hydrogen) atoms. The molecule has 0 bridgehead atoms. The van der Waals surface area contributed by atoms with Crippen LogP contribution >= 0.6 is 0 Å². The highest BCUT2D eigenvalue weighted by atomic mass is 16.3. The summed E-state index contributed by atoms with van der Waals surface area (Å²) in [6.07, 6.45) is 1.69. The zero-order valence-electron chi connectivity index (χ0n) is 9.82. The van der Waals surface area contributed by atoms with Crippen LogP contribution in [0.5, 0.6) is 0 Å². The van der Waals surface area contributed by atoms with Crippen LogP contribution in [-0.4, -0.2) is 59.5 Å². The number of nitrogens with one attached hydrogen (secondary N) is 1. The minimum Gasteiger partial charge on any atom is -0.394 e. The largest absolute Gasteiger partial charge is 0.394 e. The maximum absolute atomic E-state index is 9.31. The van der Waals surface area contributed by atoms with Gasteiger partial charge in [-0.3, -0.25) is 0 Å². The van der Waals surface area contributed by atoms with Crippen molar-refractivity contribution in [1.29, 1.82) is 0 Å². The molecule has 1 fully saturated rings. The standard InChI is InChI=1S/C11H24N2O2/c1-9(2)12-10-3-5-13(6-4-10)7-11(15)8-14/h9-12,14-15H,3-8H2,1-2H3. The molecule has 3 N–H and O–H groups in total. The summed E-state index contributed by atoms with van der Waals surface area (Å²) in [5, 5.41) is 21.6. The van der Waals surface area contributed by atoms with E-state index in [1.165, 1.54) is 0 Å². The molecular weight excluding hydrogens is 192 g/mol. The average molecular weight is 216 g/mol. The second-order valence-electron chi connectivity index (χ2n) is 4.73. The smallest absolute Gasteiger partial charge is 0.0897 e. The first-order valence-electron chi connectivity index (χ1n) is 5.89. The zero-order valence-corrected chi connectivity index (χ0v) is 9.82. The van der Waals surface area contributed by atoms with E-state index in [0.29, 0.717) is 18.6 Å². The van der Waals surface area contributed by atoms with E-state index >= 15 is 0 Å². The van der Waals surface area contributed by atoms with Crippen LogP contribution in [0, 0.1) is 0 Å². The Bertz CT molecular complexity index is 168. The average Bonchev–Trinajstić information content (AvgIpc) is 2.20. The molecule has 0 spiro atoms. The van der Waals surface area contributed by atoms with Gasteiger partial charge in [-0.05, 0) is 25.9 Å². The molecule has 0 amide bonds. The lowest BCUT2D eigenvalue weighted by Crippen LogP contribution is -2.46. The Kier molecular flexibility index (Phi) is 5.53. The molecule has 1 unspecified atom stereocenters. The molecule has 0 saturated carbocycles. The number of nitrogens with zero attached hydrogens (tertiary/aromatic N) is 1. The van der Waals surface area contributed by atoms with Crippen molar-refractivity contribution in [2.45, 2.75) is 44.9 Å². The number of piperidine rings is 1. The van der Waals surface area contributed by atoms with E-state index in [0.717, 1.165) is 25.9 Å². The van der Waals surface area contributed by atoms with Gasteiger partial charge < -0.3 is 20.4 Å². The van der Waals surface area contributed by atoms with Crippen LogP contribution in [0.15, 0.2) is 0 Å². The first kappa shape index (κ1) is 12.9. The summed E-state index contributed by atoms with van der Waals surface area (Å²) < 4.78 is 0. The number of rotatable bonds is 5. The molecule has 0 aromatic carbocycles. The molecule has 4 heteroatoms. The minimum absolute atomic E-state index is 0.135. The summed E-state index contributed by atoms with van der Waals surface area (Å²) >= 11 is 0. The van der Waals surface area contributed by atoms with Gasteiger partial charge in [0.15, 0.2) is 0 Å². The molecule has 0 aromatic heterocycles. The van der Waals surface area contributed by atoms with Crippen molar-refractivity contribution in [3.8, 4) is 0 Å². The zero-order chi connectivity index (χ0) is 11.3. The Balaban J connectivity index is 2.18. The number of hydrogen-bond acceptors (Lipinski definition) is 4. The lowest BCUT2D eigenvalue weighted by atomic mass is 10.0. The van der Waals surface area contributed by atoms with Gasteiger partial charge in [-0.1, -0.05) is 13.8 Å². The Morgan fingerprint density at radius 1 is 1.33 bits per heavy atom. The Hall–Kier alpha value is -0.160. The third-order valence-electron chi connectivity index (χ3n) is 2.84. The number of hydrogen-bond donors (Lipinski definition) is 3. The Morgan fingerprint density at radius 3 is 2.40 bits per heavy atom. The van der Waals surface area contributed by atoms with Crippen molar-refractivity contribution in [2.24, 2.45) is 0 Å². The van der Waals surface area contributed by atoms with Gasteiger partial charge in [0.1, 0.15) is 0 Å². The molecule has 1 atom stereocenters. The summed E-state index contributed by atoms with van der Waals surface area (Å²) in [5.41, 5.74) is 0. The molecule has 90 valence electrons. The number of β-amino-alcohol motifs (C(OH)–C–C–N with tert-alkyl or cyclic N) is 1. The lowest BCUT2D eigenvalue weighted by molar-refractivity contribution is 0.0496. The molecule has 0 radical (unpaired) electrons. The predicted octanol–water partition coefficient (Wildman–Crippen LogP) is -0.198. The molecule has 1 rings (SSSR count). The Morgan fingerprint density at radius 2 is 1.93 bits per heavy atom. The fourth-order valence-corrected chi connectivity index (χ4v) is 2.11. The van der Waals surface area contributed by atoms with Crippen LogP contribution in [-0.2, 0) is 0 Å². The van der Waals surface area contributed by atoms with E-state index in [1.54, 1.807) is 0 Å². The van der Waals surface area contributed by atoms with Crippen LogP contribution < -0.4 is 5.32 Å². The molecule has 1 saturated heterocycles.